The molecule has 9 nitrogen and oxygen atoms in total. The fourth-order valence-corrected chi connectivity index (χ4v) is 1.57. The highest BCUT2D eigenvalue weighted by atomic mass is 16.6. The largest absolute Gasteiger partial charge is 0.481 e. The number of nitrogens with one attached hydrogen (secondary N) is 2. The van der Waals surface area contributed by atoms with E-state index in [2.05, 4.69) is 10.6 Å². The van der Waals surface area contributed by atoms with Crippen LogP contribution in [-0.4, -0.2) is 40.9 Å². The molecule has 0 bridgehead atoms. The van der Waals surface area contributed by atoms with Gasteiger partial charge in [0.25, 0.3) is 11.6 Å². The summed E-state index contributed by atoms with van der Waals surface area (Å²) in [7, 11) is 0. The molecule has 0 aliphatic heterocycles. The molecule has 9 heteroatoms. The summed E-state index contributed by atoms with van der Waals surface area (Å²) in [6.45, 7) is 1.56. The number of nitro benzene ring substituents is 1. The Balaban J connectivity index is 2.34. The maximum Gasteiger partial charge on any atom is 0.308 e. The average Bonchev–Trinajstić information content (AvgIpc) is 2.52. The van der Waals surface area contributed by atoms with Crippen LogP contribution in [0.2, 0.25) is 0 Å². The molecule has 23 heavy (non-hydrogen) atoms. The lowest BCUT2D eigenvalue weighted by Crippen LogP contribution is -2.34. The molecule has 0 saturated carbocycles. The first-order valence-electron chi connectivity index (χ1n) is 6.83. The maximum atomic E-state index is 11.8. The third-order valence-electron chi connectivity index (χ3n) is 3.00. The summed E-state index contributed by atoms with van der Waals surface area (Å²) in [5, 5.41) is 24.1. The smallest absolute Gasteiger partial charge is 0.308 e. The molecule has 3 N–H and O–H groups in total. The van der Waals surface area contributed by atoms with E-state index in [-0.39, 0.29) is 36.7 Å². The summed E-state index contributed by atoms with van der Waals surface area (Å²) >= 11 is 0. The van der Waals surface area contributed by atoms with Crippen LogP contribution >= 0.6 is 0 Å². The maximum absolute atomic E-state index is 11.8. The molecule has 0 aliphatic carbocycles. The van der Waals surface area contributed by atoms with Crippen LogP contribution in [0.4, 0.5) is 5.69 Å². The van der Waals surface area contributed by atoms with Crippen molar-refractivity contribution in [3.05, 3.63) is 39.9 Å². The van der Waals surface area contributed by atoms with Gasteiger partial charge in [0.05, 0.1) is 10.8 Å². The number of hydrogen-bond donors (Lipinski definition) is 3. The van der Waals surface area contributed by atoms with E-state index in [1.54, 1.807) is 0 Å². The molecule has 124 valence electrons. The van der Waals surface area contributed by atoms with E-state index in [0.717, 1.165) is 0 Å². The lowest BCUT2D eigenvalue weighted by atomic mass is 10.2. The number of benzene rings is 1. The van der Waals surface area contributed by atoms with E-state index < -0.39 is 22.7 Å². The van der Waals surface area contributed by atoms with Gasteiger partial charge in [0.1, 0.15) is 0 Å². The van der Waals surface area contributed by atoms with Gasteiger partial charge in [-0.2, -0.15) is 0 Å². The normalized spacial score (nSPS) is 11.3. The first-order chi connectivity index (χ1) is 10.8. The first kappa shape index (κ1) is 18.1. The predicted octanol–water partition coefficient (Wildman–Crippen LogP) is 0.552. The van der Waals surface area contributed by atoms with Crippen molar-refractivity contribution in [3.8, 4) is 0 Å². The Morgan fingerprint density at radius 1 is 1.22 bits per heavy atom. The molecule has 0 heterocycles. The van der Waals surface area contributed by atoms with E-state index in [0.29, 0.717) is 0 Å². The topological polar surface area (TPSA) is 139 Å². The van der Waals surface area contributed by atoms with Gasteiger partial charge in [-0.05, 0) is 12.1 Å². The van der Waals surface area contributed by atoms with Gasteiger partial charge in [-0.15, -0.1) is 0 Å². The predicted molar refractivity (Wildman–Crippen MR) is 79.9 cm³/mol. The van der Waals surface area contributed by atoms with E-state index in [1.165, 1.54) is 31.2 Å². The van der Waals surface area contributed by atoms with Gasteiger partial charge in [0.15, 0.2) is 0 Å². The van der Waals surface area contributed by atoms with E-state index in [9.17, 15) is 24.5 Å². The molecule has 0 radical (unpaired) electrons. The van der Waals surface area contributed by atoms with E-state index in [1.807, 2.05) is 0 Å². The summed E-state index contributed by atoms with van der Waals surface area (Å²) in [5.41, 5.74) is 0.129. The molecule has 0 spiro atoms. The van der Waals surface area contributed by atoms with Gasteiger partial charge in [-0.1, -0.05) is 6.92 Å². The van der Waals surface area contributed by atoms with Gasteiger partial charge in [0, 0.05) is 37.2 Å². The van der Waals surface area contributed by atoms with Crippen molar-refractivity contribution in [2.45, 2.75) is 13.3 Å². The monoisotopic (exact) mass is 323 g/mol. The van der Waals surface area contributed by atoms with Crippen LogP contribution in [0, 0.1) is 16.0 Å². The summed E-state index contributed by atoms with van der Waals surface area (Å²) < 4.78 is 0. The van der Waals surface area contributed by atoms with Crippen LogP contribution < -0.4 is 10.6 Å². The van der Waals surface area contributed by atoms with Gasteiger partial charge in [0.2, 0.25) is 5.91 Å². The molecule has 0 aliphatic rings. The zero-order valence-electron chi connectivity index (χ0n) is 12.4. The standard InChI is InChI=1S/C14H17N3O6/c1-9(14(20)21)8-16-12(18)6-7-15-13(19)10-2-4-11(5-3-10)17(22)23/h2-5,9H,6-8H2,1H3,(H,15,19)(H,16,18)(H,20,21). The molecular formula is C14H17N3O6. The van der Waals surface area contributed by atoms with Gasteiger partial charge in [-0.25, -0.2) is 0 Å². The molecule has 1 atom stereocenters. The Morgan fingerprint density at radius 2 is 1.83 bits per heavy atom. The van der Waals surface area contributed by atoms with Crippen molar-refractivity contribution in [1.82, 2.24) is 10.6 Å². The lowest BCUT2D eigenvalue weighted by molar-refractivity contribution is -0.384. The Kier molecular flexibility index (Phi) is 6.66. The Bertz CT molecular complexity index is 599. The Labute approximate surface area is 131 Å². The molecule has 0 saturated heterocycles. The lowest BCUT2D eigenvalue weighted by Gasteiger charge is -2.09. The van der Waals surface area contributed by atoms with Gasteiger partial charge in [-0.3, -0.25) is 24.5 Å². The molecular weight excluding hydrogens is 306 g/mol. The van der Waals surface area contributed by atoms with Crippen molar-refractivity contribution >= 4 is 23.5 Å². The molecule has 2 amide bonds. The second kappa shape index (κ2) is 8.47. The molecule has 1 rings (SSSR count). The average molecular weight is 323 g/mol. The van der Waals surface area contributed by atoms with Crippen LogP contribution in [0.1, 0.15) is 23.7 Å². The number of aliphatic carboxylic acids is 1. The zero-order chi connectivity index (χ0) is 17.4. The number of non-ortho nitro benzene ring substituents is 1. The molecule has 1 unspecified atom stereocenters. The summed E-state index contributed by atoms with van der Waals surface area (Å²) in [4.78, 5) is 43.8. The molecule has 1 aromatic rings. The fourth-order valence-electron chi connectivity index (χ4n) is 1.57. The molecule has 0 fully saturated rings. The number of nitro groups is 1. The SMILES string of the molecule is CC(CNC(=O)CCNC(=O)c1ccc([N+](=O)[O-])cc1)C(=O)O. The minimum absolute atomic E-state index is 0.00502. The third-order valence-corrected chi connectivity index (χ3v) is 3.00. The van der Waals surface area contributed by atoms with Crippen molar-refractivity contribution in [2.75, 3.05) is 13.1 Å². The van der Waals surface area contributed by atoms with E-state index >= 15 is 0 Å². The second-order valence-electron chi connectivity index (χ2n) is 4.85. The number of carbonyl (C=O) groups excluding carboxylic acids is 2. The third kappa shape index (κ3) is 6.12. The highest BCUT2D eigenvalue weighted by Gasteiger charge is 2.13. The van der Waals surface area contributed by atoms with Gasteiger partial charge >= 0.3 is 5.97 Å². The number of rotatable bonds is 8. The Morgan fingerprint density at radius 3 is 2.35 bits per heavy atom. The number of amides is 2. The summed E-state index contributed by atoms with van der Waals surface area (Å²) in [6.07, 6.45) is 0.00502. The quantitative estimate of drug-likeness (QED) is 0.471. The number of carboxylic acid groups (broad SMARTS) is 1. The number of nitrogens with zero attached hydrogens (tertiary/aromatic N) is 1. The van der Waals surface area contributed by atoms with Crippen LogP contribution in [0.15, 0.2) is 24.3 Å². The molecule has 0 aromatic heterocycles. The van der Waals surface area contributed by atoms with Gasteiger partial charge < -0.3 is 15.7 Å². The van der Waals surface area contributed by atoms with Crippen LogP contribution in [0.25, 0.3) is 0 Å². The van der Waals surface area contributed by atoms with Crippen LogP contribution in [-0.2, 0) is 9.59 Å². The summed E-state index contributed by atoms with van der Waals surface area (Å²) in [6, 6.07) is 5.08. The van der Waals surface area contributed by atoms with Crippen molar-refractivity contribution < 1.29 is 24.4 Å². The van der Waals surface area contributed by atoms with Crippen molar-refractivity contribution in [2.24, 2.45) is 5.92 Å². The van der Waals surface area contributed by atoms with Crippen molar-refractivity contribution in [1.29, 1.82) is 0 Å². The second-order valence-corrected chi connectivity index (χ2v) is 4.85. The number of carboxylic acids is 1. The highest BCUT2D eigenvalue weighted by Crippen LogP contribution is 2.11. The molecule has 1 aromatic carbocycles. The summed E-state index contributed by atoms with van der Waals surface area (Å²) in [5.74, 6) is -2.51. The van der Waals surface area contributed by atoms with E-state index in [4.69, 9.17) is 5.11 Å². The fraction of sp³-hybridized carbons (Fsp3) is 0.357. The van der Waals surface area contributed by atoms with Crippen LogP contribution in [0.3, 0.4) is 0 Å². The Hall–Kier alpha value is -2.97. The highest BCUT2D eigenvalue weighted by molar-refractivity contribution is 5.94. The minimum Gasteiger partial charge on any atom is -0.481 e. The number of hydrogen-bond acceptors (Lipinski definition) is 5. The zero-order valence-corrected chi connectivity index (χ0v) is 12.4. The first-order valence-corrected chi connectivity index (χ1v) is 6.83. The number of carbonyl (C=O) groups is 3. The van der Waals surface area contributed by atoms with Crippen molar-refractivity contribution in [3.63, 3.8) is 0 Å². The minimum atomic E-state index is -1.00. The van der Waals surface area contributed by atoms with Crippen LogP contribution in [0.5, 0.6) is 0 Å².